The highest BCUT2D eigenvalue weighted by atomic mass is 16.7. The molecule has 3 heteroatoms. The summed E-state index contributed by atoms with van der Waals surface area (Å²) in [6, 6.07) is 19.1. The normalized spacial score (nSPS) is 11.9. The highest BCUT2D eigenvalue weighted by Crippen LogP contribution is 2.32. The van der Waals surface area contributed by atoms with Crippen LogP contribution < -0.4 is 0 Å². The monoisotopic (exact) mass is 326 g/mol. The van der Waals surface area contributed by atoms with E-state index < -0.39 is 6.16 Å². The minimum absolute atomic E-state index is 0.246. The third-order valence-corrected chi connectivity index (χ3v) is 4.29. The quantitative estimate of drug-likeness (QED) is 0.479. The van der Waals surface area contributed by atoms with Gasteiger partial charge in [0.15, 0.2) is 0 Å². The molecule has 2 rings (SSSR count). The van der Waals surface area contributed by atoms with Gasteiger partial charge in [-0.25, -0.2) is 4.79 Å². The number of hydrogen-bond acceptors (Lipinski definition) is 2. The highest BCUT2D eigenvalue weighted by molar-refractivity contribution is 5.56. The van der Waals surface area contributed by atoms with Crippen LogP contribution in [-0.4, -0.2) is 17.9 Å². The molecular formula is C21H26O3. The minimum atomic E-state index is -1.20. The van der Waals surface area contributed by atoms with Crippen LogP contribution in [0, 0.1) is 0 Å². The van der Waals surface area contributed by atoms with E-state index in [9.17, 15) is 4.79 Å². The van der Waals surface area contributed by atoms with E-state index >= 15 is 0 Å². The van der Waals surface area contributed by atoms with E-state index in [1.54, 1.807) is 0 Å². The zero-order chi connectivity index (χ0) is 17.2. The van der Waals surface area contributed by atoms with Crippen LogP contribution >= 0.6 is 0 Å². The van der Waals surface area contributed by atoms with Crippen molar-refractivity contribution in [3.63, 3.8) is 0 Å². The number of aryl methyl sites for hydroxylation is 1. The average Bonchev–Trinajstić information content (AvgIpc) is 2.61. The maximum Gasteiger partial charge on any atom is 0.505 e. The first kappa shape index (κ1) is 18.1. The summed E-state index contributed by atoms with van der Waals surface area (Å²) in [5.41, 5.74) is 4.02. The summed E-state index contributed by atoms with van der Waals surface area (Å²) in [5.74, 6) is 0.275. The van der Waals surface area contributed by atoms with Gasteiger partial charge in [-0.2, -0.15) is 0 Å². The number of carboxylic acid groups (broad SMARTS) is 1. The van der Waals surface area contributed by atoms with Crippen molar-refractivity contribution in [2.24, 2.45) is 0 Å². The van der Waals surface area contributed by atoms with Gasteiger partial charge in [-0.1, -0.05) is 67.9 Å². The molecule has 0 fully saturated rings. The van der Waals surface area contributed by atoms with E-state index in [1.807, 2.05) is 6.07 Å². The van der Waals surface area contributed by atoms with Gasteiger partial charge in [-0.3, -0.25) is 0 Å². The average molecular weight is 326 g/mol. The summed E-state index contributed by atoms with van der Waals surface area (Å²) in [6.45, 7) is 2.45. The van der Waals surface area contributed by atoms with Crippen molar-refractivity contribution in [2.45, 2.75) is 44.9 Å². The fourth-order valence-corrected chi connectivity index (χ4v) is 3.10. The van der Waals surface area contributed by atoms with Crippen LogP contribution in [0.15, 0.2) is 54.6 Å². The topological polar surface area (TPSA) is 46.5 Å². The molecule has 0 aliphatic rings. The Morgan fingerprint density at radius 3 is 2.46 bits per heavy atom. The Labute approximate surface area is 144 Å². The lowest BCUT2D eigenvalue weighted by molar-refractivity contribution is 0.0898. The van der Waals surface area contributed by atoms with Gasteiger partial charge in [-0.15, -0.1) is 0 Å². The van der Waals surface area contributed by atoms with Crippen LogP contribution in [0.25, 0.3) is 0 Å². The van der Waals surface area contributed by atoms with E-state index in [0.29, 0.717) is 6.42 Å². The molecule has 128 valence electrons. The smallest absolute Gasteiger partial charge is 0.450 e. The molecular weight excluding hydrogens is 300 g/mol. The van der Waals surface area contributed by atoms with Crippen LogP contribution in [0.2, 0.25) is 0 Å². The zero-order valence-electron chi connectivity index (χ0n) is 14.3. The lowest BCUT2D eigenvalue weighted by Gasteiger charge is -2.21. The molecule has 0 saturated carbocycles. The third-order valence-electron chi connectivity index (χ3n) is 4.29. The van der Waals surface area contributed by atoms with Crippen LogP contribution in [0.1, 0.15) is 55.2 Å². The maximum atomic E-state index is 10.5. The molecule has 0 saturated heterocycles. The summed E-state index contributed by atoms with van der Waals surface area (Å²) in [7, 11) is 0. The summed E-state index contributed by atoms with van der Waals surface area (Å²) in [5, 5.41) is 8.63. The van der Waals surface area contributed by atoms with Crippen molar-refractivity contribution in [3.05, 3.63) is 71.3 Å². The standard InChI is InChI=1S/C21H26O3/c1-2-3-10-17-13-7-8-14-19(17)20(15-9-16-24-21(22)23)18-11-5-4-6-12-18/h4-8,11-14,20H,2-3,9-10,15-16H2,1H3,(H,22,23). The van der Waals surface area contributed by atoms with Crippen LogP contribution in [0.4, 0.5) is 4.79 Å². The summed E-state index contributed by atoms with van der Waals surface area (Å²) in [4.78, 5) is 10.5. The number of hydrogen-bond donors (Lipinski definition) is 1. The van der Waals surface area contributed by atoms with Gasteiger partial charge in [0.05, 0.1) is 6.61 Å². The summed E-state index contributed by atoms with van der Waals surface area (Å²) in [6.07, 6.45) is 3.84. The molecule has 0 bridgehead atoms. The first-order valence-corrected chi connectivity index (χ1v) is 8.70. The van der Waals surface area contributed by atoms with Crippen LogP contribution in [-0.2, 0) is 11.2 Å². The molecule has 1 atom stereocenters. The number of unbranched alkanes of at least 4 members (excludes halogenated alkanes) is 1. The predicted molar refractivity (Wildman–Crippen MR) is 96.5 cm³/mol. The van der Waals surface area contributed by atoms with E-state index in [2.05, 4.69) is 60.2 Å². The van der Waals surface area contributed by atoms with Crippen LogP contribution in [0.3, 0.4) is 0 Å². The molecule has 1 N–H and O–H groups in total. The van der Waals surface area contributed by atoms with Crippen molar-refractivity contribution in [1.29, 1.82) is 0 Å². The molecule has 0 radical (unpaired) electrons. The van der Waals surface area contributed by atoms with Gasteiger partial charge in [0, 0.05) is 5.92 Å². The SMILES string of the molecule is CCCCc1ccccc1C(CCCOC(=O)O)c1ccccc1. The molecule has 2 aromatic rings. The largest absolute Gasteiger partial charge is 0.505 e. The van der Waals surface area contributed by atoms with Gasteiger partial charge < -0.3 is 9.84 Å². The Hall–Kier alpha value is -2.29. The summed E-state index contributed by atoms with van der Waals surface area (Å²) < 4.78 is 4.68. The Balaban J connectivity index is 2.21. The Morgan fingerprint density at radius 1 is 1.04 bits per heavy atom. The molecule has 2 aromatic carbocycles. The molecule has 3 nitrogen and oxygen atoms in total. The number of benzene rings is 2. The first-order chi connectivity index (χ1) is 11.7. The Kier molecular flexibility index (Phi) is 7.34. The Bertz CT molecular complexity index is 622. The fourth-order valence-electron chi connectivity index (χ4n) is 3.10. The molecule has 0 heterocycles. The molecule has 0 amide bonds. The number of ether oxygens (including phenoxy) is 1. The highest BCUT2D eigenvalue weighted by Gasteiger charge is 2.17. The van der Waals surface area contributed by atoms with E-state index in [4.69, 9.17) is 5.11 Å². The van der Waals surface area contributed by atoms with Crippen molar-refractivity contribution < 1.29 is 14.6 Å². The van der Waals surface area contributed by atoms with Gasteiger partial charge >= 0.3 is 6.16 Å². The van der Waals surface area contributed by atoms with E-state index in [0.717, 1.165) is 12.8 Å². The van der Waals surface area contributed by atoms with Crippen molar-refractivity contribution in [2.75, 3.05) is 6.61 Å². The second-order valence-electron chi connectivity index (χ2n) is 6.02. The summed E-state index contributed by atoms with van der Waals surface area (Å²) >= 11 is 0. The number of rotatable bonds is 9. The maximum absolute atomic E-state index is 10.5. The minimum Gasteiger partial charge on any atom is -0.450 e. The second kappa shape index (κ2) is 9.76. The molecule has 1 unspecified atom stereocenters. The first-order valence-electron chi connectivity index (χ1n) is 8.70. The zero-order valence-corrected chi connectivity index (χ0v) is 14.3. The van der Waals surface area contributed by atoms with Gasteiger partial charge in [0.25, 0.3) is 0 Å². The van der Waals surface area contributed by atoms with Gasteiger partial charge in [0.1, 0.15) is 0 Å². The Morgan fingerprint density at radius 2 is 1.75 bits per heavy atom. The fraction of sp³-hybridized carbons (Fsp3) is 0.381. The van der Waals surface area contributed by atoms with Crippen molar-refractivity contribution >= 4 is 6.16 Å². The molecule has 0 spiro atoms. The van der Waals surface area contributed by atoms with Gasteiger partial charge in [-0.05, 0) is 42.4 Å². The van der Waals surface area contributed by atoms with Crippen molar-refractivity contribution in [1.82, 2.24) is 0 Å². The third kappa shape index (κ3) is 5.41. The van der Waals surface area contributed by atoms with E-state index in [-0.39, 0.29) is 12.5 Å². The predicted octanol–water partition coefficient (Wildman–Crippen LogP) is 5.64. The van der Waals surface area contributed by atoms with Crippen LogP contribution in [0.5, 0.6) is 0 Å². The molecule has 24 heavy (non-hydrogen) atoms. The molecule has 0 aliphatic heterocycles. The van der Waals surface area contributed by atoms with Crippen molar-refractivity contribution in [3.8, 4) is 0 Å². The lowest BCUT2D eigenvalue weighted by Crippen LogP contribution is -2.08. The van der Waals surface area contributed by atoms with Gasteiger partial charge in [0.2, 0.25) is 0 Å². The van der Waals surface area contributed by atoms with E-state index in [1.165, 1.54) is 29.5 Å². The second-order valence-corrected chi connectivity index (χ2v) is 6.02. The number of carbonyl (C=O) groups is 1. The lowest BCUT2D eigenvalue weighted by atomic mass is 9.84. The molecule has 0 aromatic heterocycles. The molecule has 0 aliphatic carbocycles.